The van der Waals surface area contributed by atoms with Crippen LogP contribution in [-0.4, -0.2) is 48.8 Å². The second-order valence-corrected chi connectivity index (χ2v) is 10.4. The summed E-state index contributed by atoms with van der Waals surface area (Å²) in [4.78, 5) is 12.8. The third-order valence-electron chi connectivity index (χ3n) is 5.68. The second kappa shape index (κ2) is 9.53. The first-order valence-corrected chi connectivity index (χ1v) is 12.5. The van der Waals surface area contributed by atoms with Crippen molar-refractivity contribution in [3.05, 3.63) is 71.4 Å². The maximum atomic E-state index is 12.8. The van der Waals surface area contributed by atoms with Crippen molar-refractivity contribution in [3.63, 3.8) is 0 Å². The van der Waals surface area contributed by atoms with E-state index in [1.165, 1.54) is 6.08 Å². The first kappa shape index (κ1) is 23.3. The van der Waals surface area contributed by atoms with E-state index in [-0.39, 0.29) is 17.1 Å². The number of ether oxygens (including phenoxy) is 1. The Hall–Kier alpha value is -3.90. The van der Waals surface area contributed by atoms with Gasteiger partial charge in [0.25, 0.3) is 5.91 Å². The average Bonchev–Trinajstić information content (AvgIpc) is 3.40. The quantitative estimate of drug-likeness (QED) is 0.432. The molecule has 9 heteroatoms. The topological polar surface area (TPSA) is 114 Å². The maximum Gasteiger partial charge on any atom is 0.262 e. The Labute approximate surface area is 198 Å². The van der Waals surface area contributed by atoms with Crippen LogP contribution >= 0.6 is 0 Å². The number of nitrogens with zero attached hydrogens (tertiary/aromatic N) is 3. The first-order chi connectivity index (χ1) is 16.3. The third kappa shape index (κ3) is 5.02. The molecular weight excluding hydrogens is 452 g/mol. The molecule has 0 aliphatic carbocycles. The van der Waals surface area contributed by atoms with Crippen molar-refractivity contribution < 1.29 is 17.9 Å². The van der Waals surface area contributed by atoms with Crippen LogP contribution in [0.5, 0.6) is 5.75 Å². The van der Waals surface area contributed by atoms with E-state index in [1.54, 1.807) is 18.0 Å². The summed E-state index contributed by atoms with van der Waals surface area (Å²) >= 11 is 0. The smallest absolute Gasteiger partial charge is 0.262 e. The molecule has 34 heavy (non-hydrogen) atoms. The van der Waals surface area contributed by atoms with Crippen LogP contribution in [0, 0.1) is 18.3 Å². The van der Waals surface area contributed by atoms with Gasteiger partial charge in [-0.25, -0.2) is 13.1 Å². The van der Waals surface area contributed by atoms with Gasteiger partial charge in [-0.1, -0.05) is 18.2 Å². The van der Waals surface area contributed by atoms with Crippen LogP contribution in [0.15, 0.2) is 60.3 Å². The van der Waals surface area contributed by atoms with E-state index in [0.717, 1.165) is 16.8 Å². The molecule has 1 N–H and O–H groups in total. The fourth-order valence-electron chi connectivity index (χ4n) is 3.92. The molecule has 0 bridgehead atoms. The number of carbonyl (C=O) groups excluding carboxylic acids is 1. The minimum absolute atomic E-state index is 0.0360. The highest BCUT2D eigenvalue weighted by atomic mass is 32.2. The van der Waals surface area contributed by atoms with Gasteiger partial charge in [-0.2, -0.15) is 10.4 Å². The number of para-hydroxylation sites is 1. The van der Waals surface area contributed by atoms with Crippen molar-refractivity contribution in [1.82, 2.24) is 15.1 Å². The number of amides is 1. The summed E-state index contributed by atoms with van der Waals surface area (Å²) in [6, 6.07) is 16.6. The van der Waals surface area contributed by atoms with E-state index < -0.39 is 21.8 Å². The molecule has 174 valence electrons. The summed E-state index contributed by atoms with van der Waals surface area (Å²) in [5.74, 6) is 0.0347. The van der Waals surface area contributed by atoms with Gasteiger partial charge in [-0.3, -0.25) is 4.79 Å². The van der Waals surface area contributed by atoms with Gasteiger partial charge >= 0.3 is 0 Å². The molecule has 1 atom stereocenters. The number of benzene rings is 2. The minimum atomic E-state index is -3.15. The predicted molar refractivity (Wildman–Crippen MR) is 129 cm³/mol. The zero-order valence-corrected chi connectivity index (χ0v) is 19.7. The van der Waals surface area contributed by atoms with Crippen molar-refractivity contribution >= 4 is 21.8 Å². The standard InChI is InChI=1S/C25H24N4O4S/c1-17-12-22(33-2)8-9-23(17)24-19(15-29(28-24)21-6-4-3-5-7-21)13-18(14-26)25(30)27-20-10-11-34(31,32)16-20/h3-9,12-13,15,20H,10-11,16H2,1-2H3,(H,27,30)/b18-13-/t20-/m1/s1. The zero-order chi connectivity index (χ0) is 24.3. The third-order valence-corrected chi connectivity index (χ3v) is 7.45. The molecule has 4 rings (SSSR count). The van der Waals surface area contributed by atoms with Crippen molar-refractivity contribution in [2.75, 3.05) is 18.6 Å². The molecule has 1 fully saturated rings. The van der Waals surface area contributed by atoms with Gasteiger partial charge in [0.1, 0.15) is 23.1 Å². The molecule has 0 saturated carbocycles. The number of aryl methyl sites for hydroxylation is 1. The molecule has 0 spiro atoms. The van der Waals surface area contributed by atoms with Gasteiger partial charge < -0.3 is 10.1 Å². The van der Waals surface area contributed by atoms with Gasteiger partial charge in [0.05, 0.1) is 24.3 Å². The number of carbonyl (C=O) groups is 1. The molecule has 1 aliphatic heterocycles. The highest BCUT2D eigenvalue weighted by Crippen LogP contribution is 2.30. The van der Waals surface area contributed by atoms with Gasteiger partial charge in [-0.15, -0.1) is 0 Å². The molecule has 1 aliphatic rings. The van der Waals surface area contributed by atoms with Crippen LogP contribution in [0.4, 0.5) is 0 Å². The molecular formula is C25H24N4O4S. The molecule has 2 aromatic carbocycles. The minimum Gasteiger partial charge on any atom is -0.497 e. The monoisotopic (exact) mass is 476 g/mol. The summed E-state index contributed by atoms with van der Waals surface area (Å²) in [6.45, 7) is 1.94. The Morgan fingerprint density at radius 2 is 2.03 bits per heavy atom. The van der Waals surface area contributed by atoms with Crippen LogP contribution in [0.1, 0.15) is 17.5 Å². The van der Waals surface area contributed by atoms with Crippen LogP contribution in [0.3, 0.4) is 0 Å². The molecule has 3 aromatic rings. The Balaban J connectivity index is 1.74. The number of aromatic nitrogens is 2. The molecule has 2 heterocycles. The molecule has 8 nitrogen and oxygen atoms in total. The largest absolute Gasteiger partial charge is 0.497 e. The lowest BCUT2D eigenvalue weighted by Crippen LogP contribution is -2.36. The number of rotatable bonds is 6. The van der Waals surface area contributed by atoms with E-state index in [2.05, 4.69) is 5.32 Å². The average molecular weight is 477 g/mol. The molecule has 0 radical (unpaired) electrons. The van der Waals surface area contributed by atoms with Crippen molar-refractivity contribution in [2.24, 2.45) is 0 Å². The van der Waals surface area contributed by atoms with Crippen molar-refractivity contribution in [1.29, 1.82) is 5.26 Å². The molecule has 0 unspecified atom stereocenters. The van der Waals surface area contributed by atoms with Gasteiger partial charge in [0, 0.05) is 23.4 Å². The van der Waals surface area contributed by atoms with E-state index in [9.17, 15) is 18.5 Å². The van der Waals surface area contributed by atoms with Crippen molar-refractivity contribution in [3.8, 4) is 28.8 Å². The number of hydrogen-bond donors (Lipinski definition) is 1. The first-order valence-electron chi connectivity index (χ1n) is 10.7. The van der Waals surface area contributed by atoms with Crippen LogP contribution < -0.4 is 10.1 Å². The van der Waals surface area contributed by atoms with Gasteiger partial charge in [0.15, 0.2) is 9.84 Å². The number of nitrogens with one attached hydrogen (secondary N) is 1. The van der Waals surface area contributed by atoms with Gasteiger partial charge in [0.2, 0.25) is 0 Å². The SMILES string of the molecule is COc1ccc(-c2nn(-c3ccccc3)cc2/C=C(/C#N)C(=O)N[C@@H]2CCS(=O)(=O)C2)c(C)c1. The Bertz CT molecular complexity index is 1400. The number of nitriles is 1. The Morgan fingerprint density at radius 3 is 2.65 bits per heavy atom. The molecule has 1 aromatic heterocycles. The normalized spacial score (nSPS) is 17.2. The fourth-order valence-corrected chi connectivity index (χ4v) is 5.59. The lowest BCUT2D eigenvalue weighted by atomic mass is 10.0. The molecule has 1 saturated heterocycles. The fraction of sp³-hybridized carbons (Fsp3) is 0.240. The summed E-state index contributed by atoms with van der Waals surface area (Å²) in [5, 5.41) is 17.1. The highest BCUT2D eigenvalue weighted by Gasteiger charge is 2.29. The van der Waals surface area contributed by atoms with E-state index in [1.807, 2.05) is 61.5 Å². The van der Waals surface area contributed by atoms with Crippen LogP contribution in [-0.2, 0) is 14.6 Å². The number of methoxy groups -OCH3 is 1. The van der Waals surface area contributed by atoms with Crippen LogP contribution in [0.2, 0.25) is 0 Å². The number of sulfone groups is 1. The number of hydrogen-bond acceptors (Lipinski definition) is 6. The van der Waals surface area contributed by atoms with Gasteiger partial charge in [-0.05, 0) is 55.3 Å². The Morgan fingerprint density at radius 1 is 1.26 bits per heavy atom. The predicted octanol–water partition coefficient (Wildman–Crippen LogP) is 3.07. The second-order valence-electron chi connectivity index (χ2n) is 8.14. The zero-order valence-electron chi connectivity index (χ0n) is 18.9. The summed E-state index contributed by atoms with van der Waals surface area (Å²) < 4.78 is 30.4. The summed E-state index contributed by atoms with van der Waals surface area (Å²) in [6.07, 6.45) is 3.60. The summed E-state index contributed by atoms with van der Waals surface area (Å²) in [7, 11) is -1.56. The van der Waals surface area contributed by atoms with E-state index >= 15 is 0 Å². The van der Waals surface area contributed by atoms with E-state index in [0.29, 0.717) is 23.4 Å². The van der Waals surface area contributed by atoms with E-state index in [4.69, 9.17) is 9.84 Å². The van der Waals surface area contributed by atoms with Crippen LogP contribution in [0.25, 0.3) is 23.0 Å². The lowest BCUT2D eigenvalue weighted by Gasteiger charge is -2.10. The Kier molecular flexibility index (Phi) is 6.52. The van der Waals surface area contributed by atoms with Crippen molar-refractivity contribution in [2.45, 2.75) is 19.4 Å². The maximum absolute atomic E-state index is 12.8. The molecule has 1 amide bonds. The highest BCUT2D eigenvalue weighted by molar-refractivity contribution is 7.91. The summed E-state index contributed by atoms with van der Waals surface area (Å²) in [5.41, 5.74) is 3.65. The lowest BCUT2D eigenvalue weighted by molar-refractivity contribution is -0.117.